The van der Waals surface area contributed by atoms with Gasteiger partial charge in [0.1, 0.15) is 24.0 Å². The molecule has 6 rings (SSSR count). The van der Waals surface area contributed by atoms with E-state index >= 15 is 4.39 Å². The molecule has 170 valence electrons. The third kappa shape index (κ3) is 3.10. The van der Waals surface area contributed by atoms with Gasteiger partial charge in [-0.2, -0.15) is 0 Å². The molecule has 3 aromatic carbocycles. The monoisotopic (exact) mass is 450 g/mol. The predicted molar refractivity (Wildman–Crippen MR) is 136 cm³/mol. The van der Waals surface area contributed by atoms with E-state index in [4.69, 9.17) is 4.42 Å². The summed E-state index contributed by atoms with van der Waals surface area (Å²) in [6.07, 6.45) is 4.00. The fourth-order valence-corrected chi connectivity index (χ4v) is 5.87. The van der Waals surface area contributed by atoms with Gasteiger partial charge >= 0.3 is 0 Å². The molecule has 2 heterocycles. The minimum absolute atomic E-state index is 0.176. The molecule has 0 N–H and O–H groups in total. The van der Waals surface area contributed by atoms with E-state index in [0.29, 0.717) is 11.1 Å². The number of furan rings is 1. The molecule has 1 aliphatic rings. The first-order valence-corrected chi connectivity index (χ1v) is 12.0. The summed E-state index contributed by atoms with van der Waals surface area (Å²) in [6.45, 7) is 8.78. The van der Waals surface area contributed by atoms with Gasteiger partial charge in [0.15, 0.2) is 6.20 Å². The van der Waals surface area contributed by atoms with Crippen LogP contribution in [0.3, 0.4) is 0 Å². The average Bonchev–Trinajstić information content (AvgIpc) is 3.29. The summed E-state index contributed by atoms with van der Waals surface area (Å²) in [4.78, 5) is 0. The van der Waals surface area contributed by atoms with Crippen LogP contribution < -0.4 is 4.57 Å². The summed E-state index contributed by atoms with van der Waals surface area (Å²) >= 11 is 0. The van der Waals surface area contributed by atoms with E-state index < -0.39 is 0 Å². The van der Waals surface area contributed by atoms with Crippen molar-refractivity contribution in [1.29, 1.82) is 0 Å². The van der Waals surface area contributed by atoms with Gasteiger partial charge in [0, 0.05) is 22.9 Å². The molecule has 0 radical (unpaired) electrons. The predicted octanol–water partition coefficient (Wildman–Crippen LogP) is 7.63. The number of pyridine rings is 1. The van der Waals surface area contributed by atoms with Crippen LogP contribution >= 0.6 is 0 Å². The van der Waals surface area contributed by atoms with Crippen molar-refractivity contribution in [2.45, 2.75) is 40.5 Å². The summed E-state index contributed by atoms with van der Waals surface area (Å²) in [5.41, 5.74) is 10.2. The van der Waals surface area contributed by atoms with Crippen LogP contribution in [-0.2, 0) is 19.9 Å². The Morgan fingerprint density at radius 3 is 2.38 bits per heavy atom. The molecule has 2 aromatic heterocycles. The van der Waals surface area contributed by atoms with Crippen LogP contribution in [-0.4, -0.2) is 0 Å². The molecule has 0 saturated heterocycles. The fraction of sp³-hybridized carbons (Fsp3) is 0.258. The van der Waals surface area contributed by atoms with Gasteiger partial charge in [-0.15, -0.1) is 0 Å². The zero-order valence-electron chi connectivity index (χ0n) is 20.4. The van der Waals surface area contributed by atoms with Gasteiger partial charge in [-0.3, -0.25) is 0 Å². The van der Waals surface area contributed by atoms with Crippen molar-refractivity contribution in [2.24, 2.45) is 12.5 Å². The second kappa shape index (κ2) is 7.27. The lowest BCUT2D eigenvalue weighted by Crippen LogP contribution is -2.30. The minimum atomic E-state index is -0.229. The quantitative estimate of drug-likeness (QED) is 0.253. The summed E-state index contributed by atoms with van der Waals surface area (Å²) in [6, 6.07) is 18.3. The number of hydrogen-bond donors (Lipinski definition) is 0. The van der Waals surface area contributed by atoms with Crippen LogP contribution in [0.5, 0.6) is 0 Å². The van der Waals surface area contributed by atoms with Crippen molar-refractivity contribution in [3.05, 3.63) is 88.9 Å². The SMILES string of the molecule is Cc1cc2c(c(-c3c(F)ccc4c3oc3c(-c5cccc[n+]5C)c(C)ccc34)c1)CC(C)(C)C2. The molecule has 0 amide bonds. The minimum Gasteiger partial charge on any atom is -0.454 e. The Morgan fingerprint density at radius 2 is 1.62 bits per heavy atom. The van der Waals surface area contributed by atoms with E-state index in [-0.39, 0.29) is 11.2 Å². The summed E-state index contributed by atoms with van der Waals surface area (Å²) in [7, 11) is 2.04. The highest BCUT2D eigenvalue weighted by molar-refractivity contribution is 6.13. The molecule has 5 aromatic rings. The highest BCUT2D eigenvalue weighted by atomic mass is 19.1. The van der Waals surface area contributed by atoms with Crippen molar-refractivity contribution < 1.29 is 13.4 Å². The molecule has 0 atom stereocenters. The van der Waals surface area contributed by atoms with Gasteiger partial charge in [0.25, 0.3) is 0 Å². The van der Waals surface area contributed by atoms with Crippen LogP contribution in [0.25, 0.3) is 44.3 Å². The van der Waals surface area contributed by atoms with Gasteiger partial charge in [-0.05, 0) is 72.6 Å². The van der Waals surface area contributed by atoms with Crippen molar-refractivity contribution in [3.8, 4) is 22.4 Å². The molecule has 1 aliphatic carbocycles. The number of hydrogen-bond acceptors (Lipinski definition) is 1. The molecule has 3 heteroatoms. The van der Waals surface area contributed by atoms with E-state index in [1.54, 1.807) is 6.07 Å². The maximum Gasteiger partial charge on any atom is 0.216 e. The number of halogens is 1. The third-order valence-electron chi connectivity index (χ3n) is 7.36. The molecule has 0 fully saturated rings. The van der Waals surface area contributed by atoms with Gasteiger partial charge < -0.3 is 4.42 Å². The van der Waals surface area contributed by atoms with E-state index in [9.17, 15) is 0 Å². The molecule has 0 saturated carbocycles. The third-order valence-corrected chi connectivity index (χ3v) is 7.36. The molecule has 0 aliphatic heterocycles. The Labute approximate surface area is 199 Å². The number of fused-ring (bicyclic) bond motifs is 4. The lowest BCUT2D eigenvalue weighted by atomic mass is 9.89. The Kier molecular flexibility index (Phi) is 4.51. The largest absolute Gasteiger partial charge is 0.454 e. The topological polar surface area (TPSA) is 17.0 Å². The Morgan fingerprint density at radius 1 is 0.882 bits per heavy atom. The number of nitrogens with zero attached hydrogens (tertiary/aromatic N) is 1. The molecule has 0 bridgehead atoms. The van der Waals surface area contributed by atoms with Crippen molar-refractivity contribution >= 4 is 21.9 Å². The highest BCUT2D eigenvalue weighted by Crippen LogP contribution is 2.46. The maximum atomic E-state index is 15.6. The second-order valence-electron chi connectivity index (χ2n) is 10.7. The molecular formula is C31H29FNO+. The average molecular weight is 451 g/mol. The van der Waals surface area contributed by atoms with Gasteiger partial charge in [0.2, 0.25) is 5.69 Å². The van der Waals surface area contributed by atoms with E-state index in [1.165, 1.54) is 11.1 Å². The van der Waals surface area contributed by atoms with Gasteiger partial charge in [0.05, 0.1) is 11.1 Å². The van der Waals surface area contributed by atoms with Crippen molar-refractivity contribution in [1.82, 2.24) is 0 Å². The van der Waals surface area contributed by atoms with Crippen LogP contribution in [0.15, 0.2) is 65.2 Å². The van der Waals surface area contributed by atoms with Crippen LogP contribution in [0.4, 0.5) is 4.39 Å². The Balaban J connectivity index is 1.71. The summed E-state index contributed by atoms with van der Waals surface area (Å²) in [5, 5.41) is 1.98. The molecule has 0 unspecified atom stereocenters. The van der Waals surface area contributed by atoms with Crippen molar-refractivity contribution in [2.75, 3.05) is 0 Å². The Bertz CT molecular complexity index is 1620. The smallest absolute Gasteiger partial charge is 0.216 e. The first-order chi connectivity index (χ1) is 16.2. The molecule has 34 heavy (non-hydrogen) atoms. The first-order valence-electron chi connectivity index (χ1n) is 12.0. The molecule has 0 spiro atoms. The Hall–Kier alpha value is -3.46. The van der Waals surface area contributed by atoms with E-state index in [2.05, 4.69) is 62.6 Å². The van der Waals surface area contributed by atoms with E-state index in [0.717, 1.165) is 57.1 Å². The maximum absolute atomic E-state index is 15.6. The summed E-state index contributed by atoms with van der Waals surface area (Å²) in [5.74, 6) is -0.229. The number of aryl methyl sites for hydroxylation is 3. The number of benzene rings is 3. The standard InChI is InChI=1S/C31H29FNO/c1-18-14-20-16-31(3,4)17-24(20)23(15-18)28-25(32)12-11-22-21-10-9-19(2)27(29(21)34-30(22)28)26-8-6-7-13-33(26)5/h6-15H,16-17H2,1-5H3/q+1. The fourth-order valence-electron chi connectivity index (χ4n) is 5.87. The lowest BCUT2D eigenvalue weighted by molar-refractivity contribution is -0.660. The van der Waals surface area contributed by atoms with E-state index in [1.807, 2.05) is 31.4 Å². The normalized spacial score (nSPS) is 14.8. The molecule has 2 nitrogen and oxygen atoms in total. The summed E-state index contributed by atoms with van der Waals surface area (Å²) < 4.78 is 24.4. The number of rotatable bonds is 2. The van der Waals surface area contributed by atoms with Gasteiger partial charge in [-0.25, -0.2) is 8.96 Å². The number of aromatic nitrogens is 1. The zero-order valence-corrected chi connectivity index (χ0v) is 20.4. The van der Waals surface area contributed by atoms with Gasteiger partial charge in [-0.1, -0.05) is 43.7 Å². The van der Waals surface area contributed by atoms with Crippen LogP contribution in [0, 0.1) is 25.1 Å². The van der Waals surface area contributed by atoms with Crippen LogP contribution in [0.1, 0.15) is 36.1 Å². The molecular weight excluding hydrogens is 421 g/mol. The van der Waals surface area contributed by atoms with Crippen molar-refractivity contribution in [3.63, 3.8) is 0 Å². The first kappa shape index (κ1) is 21.1. The highest BCUT2D eigenvalue weighted by Gasteiger charge is 2.32. The lowest BCUT2D eigenvalue weighted by Gasteiger charge is -2.16. The van der Waals surface area contributed by atoms with Crippen LogP contribution in [0.2, 0.25) is 0 Å². The zero-order chi connectivity index (χ0) is 23.8. The second-order valence-corrected chi connectivity index (χ2v) is 10.7.